The van der Waals surface area contributed by atoms with Crippen molar-refractivity contribution in [3.8, 4) is 0 Å². The number of hydrogen-bond acceptors (Lipinski definition) is 3. The maximum Gasteiger partial charge on any atom is 0.0586 e. The van der Waals surface area contributed by atoms with E-state index in [0.29, 0.717) is 17.6 Å². The van der Waals surface area contributed by atoms with Gasteiger partial charge in [0.05, 0.1) is 6.10 Å². The molecule has 0 aromatic carbocycles. The van der Waals surface area contributed by atoms with Gasteiger partial charge in [-0.1, -0.05) is 20.8 Å². The van der Waals surface area contributed by atoms with Crippen LogP contribution in [0.3, 0.4) is 0 Å². The molecule has 2 rings (SSSR count). The van der Waals surface area contributed by atoms with Crippen LogP contribution in [0.5, 0.6) is 0 Å². The predicted molar refractivity (Wildman–Crippen MR) is 71.3 cm³/mol. The molecular formula is C14H28N2O. The van der Waals surface area contributed by atoms with Crippen LogP contribution in [0.1, 0.15) is 40.0 Å². The lowest BCUT2D eigenvalue weighted by atomic mass is 9.85. The molecule has 1 saturated heterocycles. The molecule has 1 aliphatic carbocycles. The van der Waals surface area contributed by atoms with Crippen molar-refractivity contribution in [1.82, 2.24) is 10.2 Å². The summed E-state index contributed by atoms with van der Waals surface area (Å²) in [6, 6.07) is 1.38. The molecule has 100 valence electrons. The van der Waals surface area contributed by atoms with Crippen molar-refractivity contribution in [3.63, 3.8) is 0 Å². The topological polar surface area (TPSA) is 24.5 Å². The van der Waals surface area contributed by atoms with E-state index >= 15 is 0 Å². The highest BCUT2D eigenvalue weighted by atomic mass is 16.5. The Bertz CT molecular complexity index is 249. The Labute approximate surface area is 106 Å². The first-order valence-electron chi connectivity index (χ1n) is 7.01. The summed E-state index contributed by atoms with van der Waals surface area (Å²) in [5.74, 6) is 0. The van der Waals surface area contributed by atoms with E-state index in [1.165, 1.54) is 32.4 Å². The van der Waals surface area contributed by atoms with Crippen LogP contribution in [0.2, 0.25) is 0 Å². The highest BCUT2D eigenvalue weighted by Crippen LogP contribution is 2.29. The maximum absolute atomic E-state index is 5.48. The average Bonchev–Trinajstić information content (AvgIpc) is 2.76. The molecule has 1 heterocycles. The zero-order valence-corrected chi connectivity index (χ0v) is 11.8. The first-order chi connectivity index (χ1) is 8.00. The van der Waals surface area contributed by atoms with E-state index < -0.39 is 0 Å². The number of nitrogens with one attached hydrogen (secondary N) is 1. The highest BCUT2D eigenvalue weighted by molar-refractivity contribution is 4.92. The highest BCUT2D eigenvalue weighted by Gasteiger charge is 2.35. The van der Waals surface area contributed by atoms with E-state index in [2.05, 4.69) is 31.0 Å². The van der Waals surface area contributed by atoms with Gasteiger partial charge in [-0.05, 0) is 24.7 Å². The van der Waals surface area contributed by atoms with Crippen molar-refractivity contribution in [2.24, 2.45) is 5.41 Å². The second kappa shape index (κ2) is 5.25. The summed E-state index contributed by atoms with van der Waals surface area (Å²) in [6.45, 7) is 10.5. The number of hydrogen-bond donors (Lipinski definition) is 1. The van der Waals surface area contributed by atoms with Crippen LogP contribution in [0.25, 0.3) is 0 Å². The van der Waals surface area contributed by atoms with Crippen LogP contribution in [-0.4, -0.2) is 49.8 Å². The molecule has 3 unspecified atom stereocenters. The van der Waals surface area contributed by atoms with Gasteiger partial charge in [0.2, 0.25) is 0 Å². The molecule has 1 aliphatic heterocycles. The molecule has 3 heteroatoms. The molecule has 1 saturated carbocycles. The van der Waals surface area contributed by atoms with Crippen LogP contribution in [0.15, 0.2) is 0 Å². The molecule has 0 radical (unpaired) electrons. The molecule has 0 aromatic rings. The van der Waals surface area contributed by atoms with Gasteiger partial charge in [0, 0.05) is 38.8 Å². The molecule has 0 aromatic heterocycles. The SMILES string of the molecule is COC1CCC(N2CCNC(C(C)(C)C)C2)C1. The predicted octanol–water partition coefficient (Wildman–Crippen LogP) is 1.87. The molecular weight excluding hydrogens is 212 g/mol. The van der Waals surface area contributed by atoms with E-state index in [1.807, 2.05) is 7.11 Å². The fourth-order valence-electron chi connectivity index (χ4n) is 3.15. The second-order valence-electron chi connectivity index (χ2n) is 6.69. The van der Waals surface area contributed by atoms with Gasteiger partial charge in [-0.25, -0.2) is 0 Å². The van der Waals surface area contributed by atoms with Gasteiger partial charge in [-0.15, -0.1) is 0 Å². The van der Waals surface area contributed by atoms with Crippen molar-refractivity contribution >= 4 is 0 Å². The van der Waals surface area contributed by atoms with E-state index in [1.54, 1.807) is 0 Å². The first kappa shape index (κ1) is 13.3. The summed E-state index contributed by atoms with van der Waals surface area (Å²) >= 11 is 0. The van der Waals surface area contributed by atoms with Crippen LogP contribution < -0.4 is 5.32 Å². The van der Waals surface area contributed by atoms with Gasteiger partial charge < -0.3 is 10.1 Å². The normalized spacial score (nSPS) is 36.4. The molecule has 2 fully saturated rings. The van der Waals surface area contributed by atoms with Gasteiger partial charge in [-0.2, -0.15) is 0 Å². The van der Waals surface area contributed by atoms with Crippen LogP contribution in [0.4, 0.5) is 0 Å². The molecule has 0 amide bonds. The Hall–Kier alpha value is -0.120. The van der Waals surface area contributed by atoms with Crippen LogP contribution in [0, 0.1) is 5.41 Å². The van der Waals surface area contributed by atoms with Crippen molar-refractivity contribution in [3.05, 3.63) is 0 Å². The average molecular weight is 240 g/mol. The van der Waals surface area contributed by atoms with Gasteiger partial charge in [0.1, 0.15) is 0 Å². The molecule has 0 bridgehead atoms. The number of ether oxygens (including phenoxy) is 1. The van der Waals surface area contributed by atoms with E-state index in [-0.39, 0.29) is 0 Å². The summed E-state index contributed by atoms with van der Waals surface area (Å²) < 4.78 is 5.48. The summed E-state index contributed by atoms with van der Waals surface area (Å²) in [7, 11) is 1.85. The van der Waals surface area contributed by atoms with Crippen molar-refractivity contribution in [2.45, 2.75) is 58.2 Å². The van der Waals surface area contributed by atoms with E-state index in [9.17, 15) is 0 Å². The lowest BCUT2D eigenvalue weighted by Crippen LogP contribution is -2.57. The van der Waals surface area contributed by atoms with E-state index in [0.717, 1.165) is 12.6 Å². The number of piperazine rings is 1. The molecule has 3 nitrogen and oxygen atoms in total. The molecule has 2 aliphatic rings. The Kier molecular flexibility index (Phi) is 4.11. The molecule has 3 atom stereocenters. The van der Waals surface area contributed by atoms with Crippen molar-refractivity contribution in [1.29, 1.82) is 0 Å². The molecule has 17 heavy (non-hydrogen) atoms. The van der Waals surface area contributed by atoms with Gasteiger partial charge in [-0.3, -0.25) is 4.90 Å². The van der Waals surface area contributed by atoms with Crippen LogP contribution in [-0.2, 0) is 4.74 Å². The molecule has 0 spiro atoms. The van der Waals surface area contributed by atoms with Crippen LogP contribution >= 0.6 is 0 Å². The Morgan fingerprint density at radius 2 is 2.00 bits per heavy atom. The quantitative estimate of drug-likeness (QED) is 0.797. The standard InChI is InChI=1S/C14H28N2O/c1-14(2,3)13-10-16(8-7-15-13)11-5-6-12(9-11)17-4/h11-13,15H,5-10H2,1-4H3. The van der Waals surface area contributed by atoms with Crippen molar-refractivity contribution < 1.29 is 4.74 Å². The van der Waals surface area contributed by atoms with Gasteiger partial charge in [0.25, 0.3) is 0 Å². The minimum absolute atomic E-state index is 0.359. The minimum atomic E-state index is 0.359. The zero-order valence-electron chi connectivity index (χ0n) is 11.8. The van der Waals surface area contributed by atoms with E-state index in [4.69, 9.17) is 4.74 Å². The smallest absolute Gasteiger partial charge is 0.0586 e. The first-order valence-corrected chi connectivity index (χ1v) is 7.01. The molecule has 1 N–H and O–H groups in total. The monoisotopic (exact) mass is 240 g/mol. The Morgan fingerprint density at radius 3 is 2.59 bits per heavy atom. The number of nitrogens with zero attached hydrogens (tertiary/aromatic N) is 1. The van der Waals surface area contributed by atoms with Gasteiger partial charge in [0.15, 0.2) is 0 Å². The fourth-order valence-corrected chi connectivity index (χ4v) is 3.15. The summed E-state index contributed by atoms with van der Waals surface area (Å²) in [5.41, 5.74) is 0.359. The maximum atomic E-state index is 5.48. The third-order valence-corrected chi connectivity index (χ3v) is 4.46. The summed E-state index contributed by atoms with van der Waals surface area (Å²) in [6.07, 6.45) is 4.29. The summed E-state index contributed by atoms with van der Waals surface area (Å²) in [5, 5.41) is 3.66. The lowest BCUT2D eigenvalue weighted by Gasteiger charge is -2.43. The second-order valence-corrected chi connectivity index (χ2v) is 6.69. The zero-order chi connectivity index (χ0) is 12.5. The third kappa shape index (κ3) is 3.21. The number of rotatable bonds is 2. The Morgan fingerprint density at radius 1 is 1.24 bits per heavy atom. The summed E-state index contributed by atoms with van der Waals surface area (Å²) in [4.78, 5) is 2.69. The largest absolute Gasteiger partial charge is 0.381 e. The fraction of sp³-hybridized carbons (Fsp3) is 1.00. The van der Waals surface area contributed by atoms with Gasteiger partial charge >= 0.3 is 0 Å². The van der Waals surface area contributed by atoms with Crippen molar-refractivity contribution in [2.75, 3.05) is 26.7 Å². The Balaban J connectivity index is 1.90. The number of methoxy groups -OCH3 is 1. The minimum Gasteiger partial charge on any atom is -0.381 e. The third-order valence-electron chi connectivity index (χ3n) is 4.46. The lowest BCUT2D eigenvalue weighted by molar-refractivity contribution is 0.0755.